The first-order valence-electron chi connectivity index (χ1n) is 3.34. The van der Waals surface area contributed by atoms with E-state index in [0.717, 1.165) is 4.88 Å². The molecule has 0 spiro atoms. The summed E-state index contributed by atoms with van der Waals surface area (Å²) in [5.74, 6) is 0. The molecule has 1 rings (SSSR count). The van der Waals surface area contributed by atoms with Gasteiger partial charge in [-0.15, -0.1) is 11.3 Å². The third-order valence-electron chi connectivity index (χ3n) is 1.67. The lowest BCUT2D eigenvalue weighted by atomic mass is 10.2. The SMILES string of the molecule is Cc1csc(COC=O)c1C. The minimum Gasteiger partial charge on any atom is -0.462 e. The lowest BCUT2D eigenvalue weighted by Gasteiger charge is -1.96. The van der Waals surface area contributed by atoms with Gasteiger partial charge in [-0.2, -0.15) is 0 Å². The Morgan fingerprint density at radius 2 is 2.36 bits per heavy atom. The van der Waals surface area contributed by atoms with Crippen molar-refractivity contribution in [1.29, 1.82) is 0 Å². The van der Waals surface area contributed by atoms with Gasteiger partial charge in [0.2, 0.25) is 0 Å². The lowest BCUT2D eigenvalue weighted by molar-refractivity contribution is -0.129. The van der Waals surface area contributed by atoms with Crippen molar-refractivity contribution in [3.8, 4) is 0 Å². The summed E-state index contributed by atoms with van der Waals surface area (Å²) in [7, 11) is 0. The van der Waals surface area contributed by atoms with E-state index in [-0.39, 0.29) is 0 Å². The standard InChI is InChI=1S/C8H10O2S/c1-6-4-11-8(7(6)2)3-10-5-9/h4-5H,3H2,1-2H3. The van der Waals surface area contributed by atoms with Crippen molar-refractivity contribution in [3.63, 3.8) is 0 Å². The number of hydrogen-bond acceptors (Lipinski definition) is 3. The summed E-state index contributed by atoms with van der Waals surface area (Å²) in [4.78, 5) is 11.0. The van der Waals surface area contributed by atoms with Gasteiger partial charge in [0, 0.05) is 4.88 Å². The first-order valence-corrected chi connectivity index (χ1v) is 4.22. The second kappa shape index (κ2) is 3.53. The smallest absolute Gasteiger partial charge is 0.293 e. The van der Waals surface area contributed by atoms with E-state index in [0.29, 0.717) is 13.1 Å². The van der Waals surface area contributed by atoms with Crippen molar-refractivity contribution in [2.75, 3.05) is 0 Å². The van der Waals surface area contributed by atoms with Gasteiger partial charge in [-0.25, -0.2) is 0 Å². The van der Waals surface area contributed by atoms with Crippen LogP contribution in [0.4, 0.5) is 0 Å². The molecule has 0 aliphatic heterocycles. The second-order valence-corrected chi connectivity index (χ2v) is 3.34. The summed E-state index contributed by atoms with van der Waals surface area (Å²) in [6.07, 6.45) is 0. The van der Waals surface area contributed by atoms with Crippen molar-refractivity contribution in [2.45, 2.75) is 20.5 Å². The van der Waals surface area contributed by atoms with E-state index < -0.39 is 0 Å². The van der Waals surface area contributed by atoms with Crippen LogP contribution in [-0.2, 0) is 16.1 Å². The van der Waals surface area contributed by atoms with Crippen LogP contribution in [0.2, 0.25) is 0 Å². The van der Waals surface area contributed by atoms with Crippen LogP contribution >= 0.6 is 11.3 Å². The molecule has 0 N–H and O–H groups in total. The molecule has 1 aromatic heterocycles. The Labute approximate surface area is 69.8 Å². The Morgan fingerprint density at radius 3 is 2.82 bits per heavy atom. The molecule has 0 bridgehead atoms. The first-order chi connectivity index (χ1) is 5.25. The van der Waals surface area contributed by atoms with Crippen molar-refractivity contribution in [2.24, 2.45) is 0 Å². The topological polar surface area (TPSA) is 26.3 Å². The maximum Gasteiger partial charge on any atom is 0.293 e. The van der Waals surface area contributed by atoms with Crippen LogP contribution in [0.15, 0.2) is 5.38 Å². The molecule has 0 aliphatic rings. The summed E-state index contributed by atoms with van der Waals surface area (Å²) >= 11 is 1.63. The average Bonchev–Trinajstić information content (AvgIpc) is 2.31. The zero-order valence-corrected chi connectivity index (χ0v) is 7.40. The minimum absolute atomic E-state index is 0.411. The number of ether oxygens (including phenoxy) is 1. The molecule has 0 amide bonds. The molecule has 3 heteroatoms. The van der Waals surface area contributed by atoms with E-state index in [1.54, 1.807) is 11.3 Å². The molecule has 0 radical (unpaired) electrons. The maximum atomic E-state index is 9.88. The van der Waals surface area contributed by atoms with Gasteiger partial charge in [0.05, 0.1) is 0 Å². The molecule has 0 saturated carbocycles. The van der Waals surface area contributed by atoms with E-state index in [1.807, 2.05) is 6.92 Å². The maximum absolute atomic E-state index is 9.88. The highest BCUT2D eigenvalue weighted by Crippen LogP contribution is 2.21. The van der Waals surface area contributed by atoms with Gasteiger partial charge in [0.1, 0.15) is 6.61 Å². The molecular weight excluding hydrogens is 160 g/mol. The average molecular weight is 170 g/mol. The number of rotatable bonds is 3. The summed E-state index contributed by atoms with van der Waals surface area (Å²) < 4.78 is 4.64. The Balaban J connectivity index is 2.70. The molecule has 0 aromatic carbocycles. The third kappa shape index (κ3) is 1.80. The first kappa shape index (κ1) is 8.27. The molecule has 0 atom stereocenters. The van der Waals surface area contributed by atoms with Gasteiger partial charge in [0.15, 0.2) is 0 Å². The molecule has 1 aromatic rings. The number of carbonyl (C=O) groups excluding carboxylic acids is 1. The van der Waals surface area contributed by atoms with Crippen molar-refractivity contribution in [1.82, 2.24) is 0 Å². The summed E-state index contributed by atoms with van der Waals surface area (Å²) in [5, 5.41) is 2.07. The molecule has 0 fully saturated rings. The summed E-state index contributed by atoms with van der Waals surface area (Å²) in [6, 6.07) is 0. The molecular formula is C8H10O2S. The number of aryl methyl sites for hydroxylation is 1. The van der Waals surface area contributed by atoms with Crippen LogP contribution in [-0.4, -0.2) is 6.47 Å². The van der Waals surface area contributed by atoms with Gasteiger partial charge in [-0.05, 0) is 30.4 Å². The number of carbonyl (C=O) groups is 1. The fourth-order valence-corrected chi connectivity index (χ4v) is 1.78. The normalized spacial score (nSPS) is 9.64. The Bertz CT molecular complexity index is 253. The van der Waals surface area contributed by atoms with Gasteiger partial charge in [0.25, 0.3) is 6.47 Å². The van der Waals surface area contributed by atoms with E-state index in [9.17, 15) is 4.79 Å². The Kier molecular flexibility index (Phi) is 2.65. The van der Waals surface area contributed by atoms with Crippen LogP contribution < -0.4 is 0 Å². The highest BCUT2D eigenvalue weighted by Gasteiger charge is 2.02. The molecule has 2 nitrogen and oxygen atoms in total. The van der Waals surface area contributed by atoms with Crippen LogP contribution in [0.5, 0.6) is 0 Å². The minimum atomic E-state index is 0.411. The molecule has 0 unspecified atom stereocenters. The predicted molar refractivity (Wildman–Crippen MR) is 44.6 cm³/mol. The van der Waals surface area contributed by atoms with Crippen LogP contribution in [0.25, 0.3) is 0 Å². The van der Waals surface area contributed by atoms with Gasteiger partial charge < -0.3 is 4.74 Å². The fourth-order valence-electron chi connectivity index (χ4n) is 0.808. The highest BCUT2D eigenvalue weighted by atomic mass is 32.1. The summed E-state index contributed by atoms with van der Waals surface area (Å²) in [5.41, 5.74) is 2.50. The molecule has 1 heterocycles. The van der Waals surface area contributed by atoms with Gasteiger partial charge in [-0.3, -0.25) is 4.79 Å². The monoisotopic (exact) mass is 170 g/mol. The molecule has 0 aliphatic carbocycles. The van der Waals surface area contributed by atoms with Crippen LogP contribution in [0, 0.1) is 13.8 Å². The van der Waals surface area contributed by atoms with E-state index in [1.165, 1.54) is 11.1 Å². The van der Waals surface area contributed by atoms with E-state index in [2.05, 4.69) is 17.0 Å². The van der Waals surface area contributed by atoms with Crippen molar-refractivity contribution in [3.05, 3.63) is 21.4 Å². The third-order valence-corrected chi connectivity index (χ3v) is 2.85. The second-order valence-electron chi connectivity index (χ2n) is 2.37. The highest BCUT2D eigenvalue weighted by molar-refractivity contribution is 7.10. The summed E-state index contributed by atoms with van der Waals surface area (Å²) in [6.45, 7) is 4.98. The quantitative estimate of drug-likeness (QED) is 0.649. The van der Waals surface area contributed by atoms with Crippen molar-refractivity contribution < 1.29 is 9.53 Å². The predicted octanol–water partition coefficient (Wildman–Crippen LogP) is 2.04. The zero-order chi connectivity index (χ0) is 8.27. The molecule has 60 valence electrons. The number of hydrogen-bond donors (Lipinski definition) is 0. The van der Waals surface area contributed by atoms with Crippen LogP contribution in [0.1, 0.15) is 16.0 Å². The van der Waals surface area contributed by atoms with Gasteiger partial charge >= 0.3 is 0 Å². The molecule has 0 saturated heterocycles. The fraction of sp³-hybridized carbons (Fsp3) is 0.375. The van der Waals surface area contributed by atoms with Gasteiger partial charge in [-0.1, -0.05) is 0 Å². The van der Waals surface area contributed by atoms with Crippen LogP contribution in [0.3, 0.4) is 0 Å². The van der Waals surface area contributed by atoms with E-state index >= 15 is 0 Å². The number of thiophene rings is 1. The Hall–Kier alpha value is -0.830. The van der Waals surface area contributed by atoms with Crippen molar-refractivity contribution >= 4 is 17.8 Å². The van der Waals surface area contributed by atoms with E-state index in [4.69, 9.17) is 0 Å². The molecule has 11 heavy (non-hydrogen) atoms. The largest absolute Gasteiger partial charge is 0.462 e. The zero-order valence-electron chi connectivity index (χ0n) is 6.59. The Morgan fingerprint density at radius 1 is 1.64 bits per heavy atom. The lowest BCUT2D eigenvalue weighted by Crippen LogP contribution is -1.88.